The summed E-state index contributed by atoms with van der Waals surface area (Å²) in [4.78, 5) is 16.0. The smallest absolute Gasteiger partial charge is 0.270 e. The minimum atomic E-state index is -0.166. The van der Waals surface area contributed by atoms with Gasteiger partial charge in [-0.3, -0.25) is 4.79 Å². The van der Waals surface area contributed by atoms with Gasteiger partial charge in [0.25, 0.3) is 5.91 Å². The van der Waals surface area contributed by atoms with Gasteiger partial charge in [0.15, 0.2) is 0 Å². The Morgan fingerprint density at radius 1 is 1.56 bits per heavy atom. The Morgan fingerprint density at radius 3 is 3.00 bits per heavy atom. The highest BCUT2D eigenvalue weighted by Gasteiger charge is 2.11. The molecule has 6 heteroatoms. The third-order valence-electron chi connectivity index (χ3n) is 2.41. The molecule has 1 amide bonds. The summed E-state index contributed by atoms with van der Waals surface area (Å²) in [6, 6.07) is 5.27. The third kappa shape index (κ3) is 4.93. The molecule has 0 radical (unpaired) electrons. The molecule has 1 rings (SSSR count). The van der Waals surface area contributed by atoms with E-state index in [0.717, 1.165) is 17.9 Å². The van der Waals surface area contributed by atoms with Crippen LogP contribution in [0.15, 0.2) is 18.2 Å². The maximum atomic E-state index is 11.9. The van der Waals surface area contributed by atoms with Crippen LogP contribution in [-0.2, 0) is 0 Å². The molecule has 1 aromatic rings. The number of amides is 1. The number of nitrogens with zero attached hydrogens (tertiary/aromatic N) is 1. The Bertz CT molecular complexity index is 386. The van der Waals surface area contributed by atoms with Crippen molar-refractivity contribution in [1.82, 2.24) is 10.3 Å². The Balaban J connectivity index is 2.48. The summed E-state index contributed by atoms with van der Waals surface area (Å²) >= 11 is 1.87. The van der Waals surface area contributed by atoms with E-state index in [2.05, 4.69) is 22.7 Å². The molecular weight excluding hydrogens is 248 g/mol. The van der Waals surface area contributed by atoms with Crippen LogP contribution in [0.25, 0.3) is 0 Å². The van der Waals surface area contributed by atoms with Crippen molar-refractivity contribution < 1.29 is 4.79 Å². The van der Waals surface area contributed by atoms with Gasteiger partial charge in [0, 0.05) is 6.04 Å². The number of anilines is 1. The van der Waals surface area contributed by atoms with Crippen LogP contribution in [0.4, 0.5) is 5.82 Å². The topological polar surface area (TPSA) is 80.0 Å². The predicted octanol–water partition coefficient (Wildman–Crippen LogP) is 1.63. The fraction of sp³-hybridized carbons (Fsp3) is 0.500. The van der Waals surface area contributed by atoms with Crippen LogP contribution in [0, 0.1) is 0 Å². The van der Waals surface area contributed by atoms with E-state index in [1.807, 2.05) is 18.7 Å². The molecule has 100 valence electrons. The molecular formula is C12H20N4OS. The van der Waals surface area contributed by atoms with Gasteiger partial charge in [0.05, 0.1) is 0 Å². The van der Waals surface area contributed by atoms with Crippen molar-refractivity contribution in [2.75, 3.05) is 16.9 Å². The number of nitrogens with one attached hydrogen (secondary N) is 2. The van der Waals surface area contributed by atoms with Crippen molar-refractivity contribution in [3.8, 4) is 0 Å². The molecule has 1 heterocycles. The largest absolute Gasteiger partial charge is 0.348 e. The predicted molar refractivity (Wildman–Crippen MR) is 76.6 cm³/mol. The fourth-order valence-electron chi connectivity index (χ4n) is 1.42. The van der Waals surface area contributed by atoms with Gasteiger partial charge in [0.2, 0.25) is 0 Å². The van der Waals surface area contributed by atoms with Crippen molar-refractivity contribution >= 4 is 23.5 Å². The average molecular weight is 268 g/mol. The van der Waals surface area contributed by atoms with E-state index in [1.54, 1.807) is 18.2 Å². The molecule has 0 aliphatic rings. The molecule has 0 aliphatic carbocycles. The number of pyridine rings is 1. The van der Waals surface area contributed by atoms with Gasteiger partial charge in [-0.25, -0.2) is 10.8 Å². The number of carbonyl (C=O) groups excluding carboxylic acids is 1. The van der Waals surface area contributed by atoms with Crippen LogP contribution in [0.1, 0.15) is 30.8 Å². The van der Waals surface area contributed by atoms with Gasteiger partial charge < -0.3 is 10.7 Å². The number of hydrogen-bond acceptors (Lipinski definition) is 5. The van der Waals surface area contributed by atoms with Crippen LogP contribution < -0.4 is 16.6 Å². The van der Waals surface area contributed by atoms with Crippen LogP contribution >= 0.6 is 11.8 Å². The van der Waals surface area contributed by atoms with Crippen molar-refractivity contribution in [3.05, 3.63) is 23.9 Å². The molecule has 0 bridgehead atoms. The summed E-state index contributed by atoms with van der Waals surface area (Å²) in [5.41, 5.74) is 2.80. The Kier molecular flexibility index (Phi) is 6.53. The van der Waals surface area contributed by atoms with Gasteiger partial charge in [0.1, 0.15) is 11.5 Å². The lowest BCUT2D eigenvalue weighted by Crippen LogP contribution is -2.33. The zero-order valence-corrected chi connectivity index (χ0v) is 11.6. The zero-order chi connectivity index (χ0) is 13.4. The Hall–Kier alpha value is -1.27. The molecule has 0 spiro atoms. The first-order valence-electron chi connectivity index (χ1n) is 5.99. The quantitative estimate of drug-likeness (QED) is 0.398. The lowest BCUT2D eigenvalue weighted by molar-refractivity contribution is 0.0934. The standard InChI is InChI=1S/C12H20N4OS/c1-3-18-8-7-9(2)14-12(17)10-5-4-6-11(15-10)16-13/h4-6,9H,3,7-8,13H2,1-2H3,(H,14,17)(H,15,16). The van der Waals surface area contributed by atoms with E-state index >= 15 is 0 Å². The van der Waals surface area contributed by atoms with Gasteiger partial charge in [-0.15, -0.1) is 0 Å². The van der Waals surface area contributed by atoms with Crippen molar-refractivity contribution in [1.29, 1.82) is 0 Å². The highest BCUT2D eigenvalue weighted by molar-refractivity contribution is 7.99. The molecule has 0 saturated heterocycles. The summed E-state index contributed by atoms with van der Waals surface area (Å²) in [5.74, 6) is 7.73. The van der Waals surface area contributed by atoms with E-state index < -0.39 is 0 Å². The molecule has 1 atom stereocenters. The Morgan fingerprint density at radius 2 is 2.33 bits per heavy atom. The minimum absolute atomic E-state index is 0.146. The van der Waals surface area contributed by atoms with Gasteiger partial charge >= 0.3 is 0 Å². The molecule has 0 fully saturated rings. The number of carbonyl (C=O) groups is 1. The van der Waals surface area contributed by atoms with Crippen LogP contribution in [-0.4, -0.2) is 28.4 Å². The number of hydrogen-bond donors (Lipinski definition) is 3. The monoisotopic (exact) mass is 268 g/mol. The van der Waals surface area contributed by atoms with Gasteiger partial charge in [-0.1, -0.05) is 13.0 Å². The Labute approximate surface area is 112 Å². The van der Waals surface area contributed by atoms with Crippen molar-refractivity contribution in [2.24, 2.45) is 5.84 Å². The van der Waals surface area contributed by atoms with Crippen molar-refractivity contribution in [3.63, 3.8) is 0 Å². The first-order chi connectivity index (χ1) is 8.67. The molecule has 0 aliphatic heterocycles. The number of hydrazine groups is 1. The highest BCUT2D eigenvalue weighted by Crippen LogP contribution is 2.06. The van der Waals surface area contributed by atoms with Crippen molar-refractivity contribution in [2.45, 2.75) is 26.3 Å². The van der Waals surface area contributed by atoms with Crippen LogP contribution in [0.2, 0.25) is 0 Å². The van der Waals surface area contributed by atoms with Crippen LogP contribution in [0.5, 0.6) is 0 Å². The van der Waals surface area contributed by atoms with E-state index in [-0.39, 0.29) is 11.9 Å². The second kappa shape index (κ2) is 7.94. The van der Waals surface area contributed by atoms with E-state index in [1.165, 1.54) is 0 Å². The number of nitrogens with two attached hydrogens (primary N) is 1. The number of thioether (sulfide) groups is 1. The second-order valence-electron chi connectivity index (χ2n) is 3.91. The molecule has 18 heavy (non-hydrogen) atoms. The molecule has 4 N–H and O–H groups in total. The fourth-order valence-corrected chi connectivity index (χ4v) is 2.22. The summed E-state index contributed by atoms with van der Waals surface area (Å²) in [6.45, 7) is 4.13. The lowest BCUT2D eigenvalue weighted by Gasteiger charge is -2.13. The SMILES string of the molecule is CCSCCC(C)NC(=O)c1cccc(NN)n1. The second-order valence-corrected chi connectivity index (χ2v) is 5.31. The van der Waals surface area contributed by atoms with Gasteiger partial charge in [-0.05, 0) is 37.0 Å². The minimum Gasteiger partial charge on any atom is -0.348 e. The average Bonchev–Trinajstić information content (AvgIpc) is 2.39. The normalized spacial score (nSPS) is 11.9. The highest BCUT2D eigenvalue weighted by atomic mass is 32.2. The van der Waals surface area contributed by atoms with E-state index in [9.17, 15) is 4.79 Å². The van der Waals surface area contributed by atoms with E-state index in [4.69, 9.17) is 5.84 Å². The summed E-state index contributed by atoms with van der Waals surface area (Å²) in [6.07, 6.45) is 0.957. The van der Waals surface area contributed by atoms with E-state index in [0.29, 0.717) is 11.5 Å². The van der Waals surface area contributed by atoms with Gasteiger partial charge in [-0.2, -0.15) is 11.8 Å². The number of nitrogen functional groups attached to an aromatic ring is 1. The summed E-state index contributed by atoms with van der Waals surface area (Å²) in [7, 11) is 0. The van der Waals surface area contributed by atoms with Crippen LogP contribution in [0.3, 0.4) is 0 Å². The maximum Gasteiger partial charge on any atom is 0.270 e. The molecule has 1 aromatic heterocycles. The molecule has 0 saturated carbocycles. The summed E-state index contributed by atoms with van der Waals surface area (Å²) < 4.78 is 0. The number of aromatic nitrogens is 1. The maximum absolute atomic E-state index is 11.9. The molecule has 1 unspecified atom stereocenters. The molecule has 0 aromatic carbocycles. The first kappa shape index (κ1) is 14.8. The third-order valence-corrected chi connectivity index (χ3v) is 3.34. The first-order valence-corrected chi connectivity index (χ1v) is 7.15. The number of rotatable bonds is 7. The lowest BCUT2D eigenvalue weighted by atomic mass is 10.2. The summed E-state index contributed by atoms with van der Waals surface area (Å²) in [5, 5.41) is 2.92. The zero-order valence-electron chi connectivity index (χ0n) is 10.8. The molecule has 5 nitrogen and oxygen atoms in total.